The molecule has 2 heterocycles. The van der Waals surface area contributed by atoms with Crippen LogP contribution in [0.5, 0.6) is 0 Å². The van der Waals surface area contributed by atoms with Gasteiger partial charge in [0.05, 0.1) is 10.8 Å². The summed E-state index contributed by atoms with van der Waals surface area (Å²) in [5, 5.41) is 10.2. The zero-order valence-electron chi connectivity index (χ0n) is 12.4. The molecule has 0 saturated carbocycles. The van der Waals surface area contributed by atoms with Crippen molar-refractivity contribution in [1.29, 1.82) is 0 Å². The lowest BCUT2D eigenvalue weighted by Gasteiger charge is -2.02. The molecule has 0 saturated heterocycles. The summed E-state index contributed by atoms with van der Waals surface area (Å²) in [7, 11) is 0. The smallest absolute Gasteiger partial charge is 0.211 e. The summed E-state index contributed by atoms with van der Waals surface area (Å²) >= 11 is 7.29. The first-order chi connectivity index (χ1) is 11.7. The number of aromatic amines is 1. The van der Waals surface area contributed by atoms with Crippen molar-refractivity contribution >= 4 is 51.2 Å². The molecule has 0 bridgehead atoms. The Morgan fingerprint density at radius 3 is 2.75 bits per heavy atom. The van der Waals surface area contributed by atoms with Crippen LogP contribution >= 0.6 is 23.4 Å². The molecule has 0 aliphatic carbocycles. The van der Waals surface area contributed by atoms with E-state index in [1.54, 1.807) is 24.3 Å². The quantitative estimate of drug-likeness (QED) is 0.440. The first kappa shape index (κ1) is 15.1. The van der Waals surface area contributed by atoms with Gasteiger partial charge in [-0.05, 0) is 18.2 Å². The number of nitrogens with zero attached hydrogens (tertiary/aromatic N) is 3. The molecule has 4 aromatic rings. The molecule has 0 aliphatic heterocycles. The number of hydrogen-bond acceptors (Lipinski definition) is 5. The lowest BCUT2D eigenvalue weighted by molar-refractivity contribution is 0.102. The second-order valence-corrected chi connectivity index (χ2v) is 6.50. The summed E-state index contributed by atoms with van der Waals surface area (Å²) in [6, 6.07) is 14.8. The monoisotopic (exact) mass is 354 g/mol. The summed E-state index contributed by atoms with van der Waals surface area (Å²) in [6.45, 7) is 0. The Hall–Kier alpha value is -2.44. The van der Waals surface area contributed by atoms with E-state index in [2.05, 4.69) is 20.2 Å². The normalized spacial score (nSPS) is 11.2. The van der Waals surface area contributed by atoms with E-state index in [0.29, 0.717) is 21.4 Å². The third kappa shape index (κ3) is 2.74. The number of carbonyl (C=O) groups excluding carboxylic acids is 1. The minimum atomic E-state index is -0.0639. The molecule has 0 radical (unpaired) electrons. The Bertz CT molecular complexity index is 1060. The summed E-state index contributed by atoms with van der Waals surface area (Å²) < 4.78 is 0. The van der Waals surface area contributed by atoms with Crippen LogP contribution < -0.4 is 0 Å². The number of rotatable bonds is 4. The molecule has 0 unspecified atom stereocenters. The van der Waals surface area contributed by atoms with Crippen LogP contribution in [0.15, 0.2) is 53.7 Å². The van der Waals surface area contributed by atoms with E-state index in [1.807, 2.05) is 24.3 Å². The van der Waals surface area contributed by atoms with Gasteiger partial charge in [-0.25, -0.2) is 4.98 Å². The average Bonchev–Trinajstić information content (AvgIpc) is 2.98. The molecular formula is C17H11ClN4OS. The van der Waals surface area contributed by atoms with Crippen molar-refractivity contribution in [2.45, 2.75) is 5.16 Å². The van der Waals surface area contributed by atoms with Crippen LogP contribution in [0, 0.1) is 0 Å². The van der Waals surface area contributed by atoms with Gasteiger partial charge in [0, 0.05) is 16.5 Å². The number of halogens is 1. The minimum absolute atomic E-state index is 0.0639. The fourth-order valence-electron chi connectivity index (χ4n) is 2.46. The van der Waals surface area contributed by atoms with Crippen molar-refractivity contribution in [2.75, 3.05) is 5.75 Å². The maximum absolute atomic E-state index is 12.3. The van der Waals surface area contributed by atoms with Crippen LogP contribution in [0.1, 0.15) is 10.4 Å². The zero-order chi connectivity index (χ0) is 16.5. The van der Waals surface area contributed by atoms with E-state index in [1.165, 1.54) is 11.8 Å². The molecule has 4 rings (SSSR count). The predicted molar refractivity (Wildman–Crippen MR) is 95.7 cm³/mol. The van der Waals surface area contributed by atoms with Gasteiger partial charge in [-0.2, -0.15) is 0 Å². The Morgan fingerprint density at radius 2 is 1.88 bits per heavy atom. The van der Waals surface area contributed by atoms with Crippen molar-refractivity contribution in [3.8, 4) is 0 Å². The molecule has 1 N–H and O–H groups in total. The number of para-hydroxylation sites is 1. The van der Waals surface area contributed by atoms with Gasteiger partial charge < -0.3 is 4.98 Å². The molecule has 2 aromatic heterocycles. The molecular weight excluding hydrogens is 344 g/mol. The molecule has 24 heavy (non-hydrogen) atoms. The third-order valence-electron chi connectivity index (χ3n) is 3.61. The number of nitrogens with one attached hydrogen (secondary N) is 1. The van der Waals surface area contributed by atoms with Gasteiger partial charge in [0.1, 0.15) is 5.52 Å². The van der Waals surface area contributed by atoms with Crippen molar-refractivity contribution in [2.24, 2.45) is 0 Å². The Labute approximate surface area is 146 Å². The highest BCUT2D eigenvalue weighted by atomic mass is 35.5. The molecule has 0 aliphatic rings. The highest BCUT2D eigenvalue weighted by Gasteiger charge is 2.13. The highest BCUT2D eigenvalue weighted by molar-refractivity contribution is 7.99. The molecule has 0 atom stereocenters. The zero-order valence-corrected chi connectivity index (χ0v) is 13.9. The number of aromatic nitrogens is 4. The number of benzene rings is 2. The Balaban J connectivity index is 1.58. The molecule has 7 heteroatoms. The van der Waals surface area contributed by atoms with E-state index in [4.69, 9.17) is 11.6 Å². The first-order valence-corrected chi connectivity index (χ1v) is 8.60. The van der Waals surface area contributed by atoms with Gasteiger partial charge in [0.15, 0.2) is 11.4 Å². The van der Waals surface area contributed by atoms with E-state index in [-0.39, 0.29) is 11.5 Å². The molecule has 5 nitrogen and oxygen atoms in total. The molecule has 0 fully saturated rings. The summed E-state index contributed by atoms with van der Waals surface area (Å²) in [5.74, 6) is 0.142. The fourth-order valence-corrected chi connectivity index (χ4v) is 3.37. The Morgan fingerprint density at radius 1 is 1.08 bits per heavy atom. The lowest BCUT2D eigenvalue weighted by atomic mass is 10.1. The fraction of sp³-hybridized carbons (Fsp3) is 0.0588. The maximum atomic E-state index is 12.3. The Kier molecular flexibility index (Phi) is 3.92. The molecule has 0 spiro atoms. The molecule has 118 valence electrons. The van der Waals surface area contributed by atoms with Crippen LogP contribution in [0.2, 0.25) is 5.02 Å². The molecule has 2 aromatic carbocycles. The van der Waals surface area contributed by atoms with Crippen LogP contribution in [0.4, 0.5) is 0 Å². The van der Waals surface area contributed by atoms with E-state index >= 15 is 0 Å². The van der Waals surface area contributed by atoms with Gasteiger partial charge in [-0.1, -0.05) is 53.7 Å². The van der Waals surface area contributed by atoms with Crippen molar-refractivity contribution < 1.29 is 4.79 Å². The summed E-state index contributed by atoms with van der Waals surface area (Å²) in [5.41, 5.74) is 2.86. The number of thioether (sulfide) groups is 1. The highest BCUT2D eigenvalue weighted by Crippen LogP contribution is 2.24. The number of Topliss-reactive ketones (excluding diaryl/α,β-unsaturated/α-hetero) is 1. The van der Waals surface area contributed by atoms with Gasteiger partial charge >= 0.3 is 0 Å². The predicted octanol–water partition coefficient (Wildman–Crippen LogP) is 4.13. The van der Waals surface area contributed by atoms with Gasteiger partial charge in [-0.3, -0.25) is 4.79 Å². The number of fused-ring (bicyclic) bond motifs is 3. The number of hydrogen-bond donors (Lipinski definition) is 1. The lowest BCUT2D eigenvalue weighted by Crippen LogP contribution is -2.04. The van der Waals surface area contributed by atoms with E-state index in [9.17, 15) is 4.79 Å². The van der Waals surface area contributed by atoms with Crippen molar-refractivity contribution in [1.82, 2.24) is 20.2 Å². The van der Waals surface area contributed by atoms with Crippen LogP contribution in [-0.2, 0) is 0 Å². The summed E-state index contributed by atoms with van der Waals surface area (Å²) in [6.07, 6.45) is 0. The van der Waals surface area contributed by atoms with Gasteiger partial charge in [-0.15, -0.1) is 10.2 Å². The van der Waals surface area contributed by atoms with E-state index in [0.717, 1.165) is 16.4 Å². The van der Waals surface area contributed by atoms with Crippen molar-refractivity contribution in [3.05, 3.63) is 59.1 Å². The topological polar surface area (TPSA) is 71.5 Å². The second-order valence-electron chi connectivity index (χ2n) is 5.15. The minimum Gasteiger partial charge on any atom is -0.338 e. The average molecular weight is 355 g/mol. The third-order valence-corrected chi connectivity index (χ3v) is 4.78. The SMILES string of the molecule is O=C(CSc1nnc2c(n1)[nH]c1ccccc12)c1ccccc1Cl. The maximum Gasteiger partial charge on any atom is 0.211 e. The van der Waals surface area contributed by atoms with Crippen molar-refractivity contribution in [3.63, 3.8) is 0 Å². The summed E-state index contributed by atoms with van der Waals surface area (Å²) in [4.78, 5) is 19.9. The number of H-pyrrole nitrogens is 1. The first-order valence-electron chi connectivity index (χ1n) is 7.24. The second kappa shape index (κ2) is 6.22. The van der Waals surface area contributed by atoms with Crippen LogP contribution in [-0.4, -0.2) is 31.7 Å². The largest absolute Gasteiger partial charge is 0.338 e. The number of ketones is 1. The standard InChI is InChI=1S/C17H11ClN4OS/c18-12-7-3-1-5-10(12)14(23)9-24-17-20-16-15(21-22-17)11-6-2-4-8-13(11)19-16/h1-8H,9H2,(H,19,20,22). The molecule has 0 amide bonds. The number of carbonyl (C=O) groups is 1. The van der Waals surface area contributed by atoms with Gasteiger partial charge in [0.25, 0.3) is 0 Å². The van der Waals surface area contributed by atoms with Crippen LogP contribution in [0.3, 0.4) is 0 Å². The van der Waals surface area contributed by atoms with Gasteiger partial charge in [0.2, 0.25) is 5.16 Å². The van der Waals surface area contributed by atoms with E-state index < -0.39 is 0 Å². The van der Waals surface area contributed by atoms with Crippen LogP contribution in [0.25, 0.3) is 22.1 Å².